The van der Waals surface area contributed by atoms with Crippen LogP contribution in [0.2, 0.25) is 0 Å². The highest BCUT2D eigenvalue weighted by Gasteiger charge is 2.00. The topological polar surface area (TPSA) is 26.3 Å². The Balaban J connectivity index is 2.54. The number of esters is 1. The van der Waals surface area contributed by atoms with Crippen LogP contribution in [0.4, 0.5) is 0 Å². The summed E-state index contributed by atoms with van der Waals surface area (Å²) in [5, 5.41) is 0. The third-order valence-corrected chi connectivity index (χ3v) is 2.38. The minimum Gasteiger partial charge on any atom is -0.458 e. The van der Waals surface area contributed by atoms with Crippen LogP contribution in [0, 0.1) is 13.8 Å². The van der Waals surface area contributed by atoms with E-state index in [9.17, 15) is 4.79 Å². The lowest BCUT2D eigenvalue weighted by Gasteiger charge is -2.02. The van der Waals surface area contributed by atoms with Gasteiger partial charge in [0, 0.05) is 5.57 Å². The second-order valence-electron chi connectivity index (χ2n) is 4.14. The maximum Gasteiger partial charge on any atom is 0.333 e. The Morgan fingerprint density at radius 3 is 2.71 bits per heavy atom. The second-order valence-corrected chi connectivity index (χ2v) is 4.14. The summed E-state index contributed by atoms with van der Waals surface area (Å²) in [7, 11) is 0. The first-order valence-electron chi connectivity index (χ1n) is 5.57. The Bertz CT molecular complexity index is 456. The molecule has 0 saturated carbocycles. The molecule has 0 unspecified atom stereocenters. The van der Waals surface area contributed by atoms with E-state index in [1.165, 1.54) is 11.1 Å². The van der Waals surface area contributed by atoms with Gasteiger partial charge in [-0.2, -0.15) is 0 Å². The average Bonchev–Trinajstić information content (AvgIpc) is 2.26. The molecule has 0 N–H and O–H groups in total. The third kappa shape index (κ3) is 4.27. The Hall–Kier alpha value is -1.83. The molecular formula is C15H18O2. The van der Waals surface area contributed by atoms with E-state index in [2.05, 4.69) is 38.6 Å². The van der Waals surface area contributed by atoms with Gasteiger partial charge in [-0.05, 0) is 38.0 Å². The Morgan fingerprint density at radius 1 is 1.41 bits per heavy atom. The highest BCUT2D eigenvalue weighted by atomic mass is 16.5. The zero-order chi connectivity index (χ0) is 12.8. The smallest absolute Gasteiger partial charge is 0.333 e. The first-order valence-corrected chi connectivity index (χ1v) is 5.57. The van der Waals surface area contributed by atoms with Gasteiger partial charge in [-0.25, -0.2) is 4.79 Å². The predicted octanol–water partition coefficient (Wildman–Crippen LogP) is 3.44. The maximum absolute atomic E-state index is 11.1. The minimum atomic E-state index is -0.352. The average molecular weight is 230 g/mol. The summed E-state index contributed by atoms with van der Waals surface area (Å²) in [6.45, 7) is 9.56. The molecule has 0 spiro atoms. The molecule has 17 heavy (non-hydrogen) atoms. The number of ether oxygens (including phenoxy) is 1. The summed E-state index contributed by atoms with van der Waals surface area (Å²) >= 11 is 0. The van der Waals surface area contributed by atoms with Gasteiger partial charge in [0.05, 0.1) is 0 Å². The van der Waals surface area contributed by atoms with E-state index in [4.69, 9.17) is 4.74 Å². The van der Waals surface area contributed by atoms with Crippen molar-refractivity contribution in [1.82, 2.24) is 0 Å². The van der Waals surface area contributed by atoms with Crippen LogP contribution >= 0.6 is 0 Å². The van der Waals surface area contributed by atoms with Gasteiger partial charge in [-0.3, -0.25) is 0 Å². The van der Waals surface area contributed by atoms with Gasteiger partial charge in [-0.1, -0.05) is 36.4 Å². The lowest BCUT2D eigenvalue weighted by Crippen LogP contribution is -2.04. The summed E-state index contributed by atoms with van der Waals surface area (Å²) in [5.74, 6) is -0.352. The Kier molecular flexibility index (Phi) is 4.70. The van der Waals surface area contributed by atoms with Crippen molar-refractivity contribution in [3.8, 4) is 0 Å². The lowest BCUT2D eigenvalue weighted by molar-refractivity contribution is -0.137. The van der Waals surface area contributed by atoms with Gasteiger partial charge in [0.25, 0.3) is 0 Å². The standard InChI is InChI=1S/C15H18O2/c1-11(2)15(16)17-9-5-6-14-8-7-12(3)10-13(14)4/h5-8,10H,1,9H2,2-4H3/b6-5+. The van der Waals surface area contributed by atoms with Crippen molar-refractivity contribution >= 4 is 12.0 Å². The molecule has 1 aromatic rings. The number of benzene rings is 1. The van der Waals surface area contributed by atoms with Crippen LogP contribution in [0.3, 0.4) is 0 Å². The second kappa shape index (κ2) is 6.04. The van der Waals surface area contributed by atoms with Crippen molar-refractivity contribution in [2.24, 2.45) is 0 Å². The van der Waals surface area contributed by atoms with Crippen molar-refractivity contribution in [3.63, 3.8) is 0 Å². The molecular weight excluding hydrogens is 212 g/mol. The van der Waals surface area contributed by atoms with Gasteiger partial charge in [-0.15, -0.1) is 0 Å². The van der Waals surface area contributed by atoms with Crippen LogP contribution in [0.15, 0.2) is 36.4 Å². The van der Waals surface area contributed by atoms with Crippen LogP contribution in [0.1, 0.15) is 23.6 Å². The van der Waals surface area contributed by atoms with E-state index in [-0.39, 0.29) is 12.6 Å². The molecule has 0 fully saturated rings. The molecule has 0 radical (unpaired) electrons. The number of carbonyl (C=O) groups excluding carboxylic acids is 1. The molecule has 0 aliphatic carbocycles. The molecule has 0 aliphatic rings. The van der Waals surface area contributed by atoms with Crippen molar-refractivity contribution in [2.75, 3.05) is 6.61 Å². The largest absolute Gasteiger partial charge is 0.458 e. The fourth-order valence-corrected chi connectivity index (χ4v) is 1.43. The molecule has 0 aliphatic heterocycles. The van der Waals surface area contributed by atoms with Crippen LogP contribution in [0.5, 0.6) is 0 Å². The highest BCUT2D eigenvalue weighted by molar-refractivity contribution is 5.87. The Morgan fingerprint density at radius 2 is 2.12 bits per heavy atom. The predicted molar refractivity (Wildman–Crippen MR) is 70.7 cm³/mol. The summed E-state index contributed by atoms with van der Waals surface area (Å²) in [4.78, 5) is 11.1. The summed E-state index contributed by atoms with van der Waals surface area (Å²) < 4.78 is 4.96. The van der Waals surface area contributed by atoms with E-state index in [1.807, 2.05) is 12.2 Å². The van der Waals surface area contributed by atoms with Gasteiger partial charge in [0.15, 0.2) is 0 Å². The van der Waals surface area contributed by atoms with E-state index < -0.39 is 0 Å². The molecule has 0 atom stereocenters. The third-order valence-electron chi connectivity index (χ3n) is 2.38. The number of carbonyl (C=O) groups is 1. The maximum atomic E-state index is 11.1. The van der Waals surface area contributed by atoms with Gasteiger partial charge < -0.3 is 4.74 Å². The summed E-state index contributed by atoms with van der Waals surface area (Å²) in [6.07, 6.45) is 3.79. The first-order chi connectivity index (χ1) is 8.00. The summed E-state index contributed by atoms with van der Waals surface area (Å²) in [6, 6.07) is 6.24. The van der Waals surface area contributed by atoms with Gasteiger partial charge in [0.1, 0.15) is 6.61 Å². The normalized spacial score (nSPS) is 10.5. The molecule has 0 amide bonds. The first kappa shape index (κ1) is 13.2. The van der Waals surface area contributed by atoms with Crippen LogP contribution in [-0.2, 0) is 9.53 Å². The molecule has 2 heteroatoms. The molecule has 2 nitrogen and oxygen atoms in total. The molecule has 0 saturated heterocycles. The molecule has 90 valence electrons. The minimum absolute atomic E-state index is 0.277. The molecule has 0 bridgehead atoms. The van der Waals surface area contributed by atoms with Crippen molar-refractivity contribution < 1.29 is 9.53 Å². The summed E-state index contributed by atoms with van der Waals surface area (Å²) in [5.41, 5.74) is 4.02. The number of hydrogen-bond donors (Lipinski definition) is 0. The van der Waals surface area contributed by atoms with Crippen LogP contribution < -0.4 is 0 Å². The number of hydrogen-bond acceptors (Lipinski definition) is 2. The van der Waals surface area contributed by atoms with E-state index in [0.29, 0.717) is 5.57 Å². The molecule has 1 rings (SSSR count). The van der Waals surface area contributed by atoms with Crippen molar-refractivity contribution in [2.45, 2.75) is 20.8 Å². The zero-order valence-electron chi connectivity index (χ0n) is 10.6. The zero-order valence-corrected chi connectivity index (χ0v) is 10.6. The SMILES string of the molecule is C=C(C)C(=O)OC/C=C/c1ccc(C)cc1C. The fourth-order valence-electron chi connectivity index (χ4n) is 1.43. The molecule has 1 aromatic carbocycles. The number of aryl methyl sites for hydroxylation is 2. The quantitative estimate of drug-likeness (QED) is 0.585. The van der Waals surface area contributed by atoms with Crippen molar-refractivity contribution in [1.29, 1.82) is 0 Å². The van der Waals surface area contributed by atoms with E-state index >= 15 is 0 Å². The van der Waals surface area contributed by atoms with E-state index in [1.54, 1.807) is 6.92 Å². The monoisotopic (exact) mass is 230 g/mol. The molecule has 0 aromatic heterocycles. The highest BCUT2D eigenvalue weighted by Crippen LogP contribution is 2.11. The van der Waals surface area contributed by atoms with Gasteiger partial charge >= 0.3 is 5.97 Å². The van der Waals surface area contributed by atoms with Crippen LogP contribution in [-0.4, -0.2) is 12.6 Å². The van der Waals surface area contributed by atoms with Crippen molar-refractivity contribution in [3.05, 3.63) is 53.1 Å². The van der Waals surface area contributed by atoms with E-state index in [0.717, 1.165) is 5.56 Å². The number of rotatable bonds is 4. The Labute approximate surface area is 103 Å². The van der Waals surface area contributed by atoms with Crippen LogP contribution in [0.25, 0.3) is 6.08 Å². The molecule has 0 heterocycles. The van der Waals surface area contributed by atoms with Gasteiger partial charge in [0.2, 0.25) is 0 Å². The lowest BCUT2D eigenvalue weighted by atomic mass is 10.1. The fraction of sp³-hybridized carbons (Fsp3) is 0.267.